The highest BCUT2D eigenvalue weighted by molar-refractivity contribution is 7.25. The Morgan fingerprint density at radius 1 is 0.543 bits per heavy atom. The van der Waals surface area contributed by atoms with E-state index in [4.69, 9.17) is 4.42 Å². The van der Waals surface area contributed by atoms with Gasteiger partial charge in [-0.05, 0) is 59.7 Å². The van der Waals surface area contributed by atoms with Crippen LogP contribution in [0.1, 0.15) is 0 Å². The molecule has 0 atom stereocenters. The second kappa shape index (κ2) is 7.08. The summed E-state index contributed by atoms with van der Waals surface area (Å²) in [5, 5.41) is 4.92. The largest absolute Gasteiger partial charge is 0.454 e. The minimum absolute atomic E-state index is 0.916. The van der Waals surface area contributed by atoms with E-state index in [1.165, 1.54) is 31.3 Å². The highest BCUT2D eigenvalue weighted by Gasteiger charge is 2.19. The van der Waals surface area contributed by atoms with Crippen LogP contribution in [0.4, 0.5) is 0 Å². The fourth-order valence-corrected chi connectivity index (χ4v) is 6.54. The summed E-state index contributed by atoms with van der Waals surface area (Å²) in [4.78, 5) is 0. The van der Waals surface area contributed by atoms with Crippen LogP contribution in [-0.2, 0) is 0 Å². The molecule has 3 heteroatoms. The second-order valence-electron chi connectivity index (χ2n) is 8.99. The highest BCUT2D eigenvalue weighted by Crippen LogP contribution is 2.41. The molecule has 0 radical (unpaired) electrons. The maximum Gasteiger partial charge on any atom is 0.161 e. The van der Waals surface area contributed by atoms with Gasteiger partial charge in [-0.15, -0.1) is 11.3 Å². The first-order valence-corrected chi connectivity index (χ1v) is 12.6. The summed E-state index contributed by atoms with van der Waals surface area (Å²) in [6.45, 7) is 0. The molecular weight excluding hydrogens is 446 g/mol. The monoisotopic (exact) mass is 465 g/mol. The van der Waals surface area contributed by atoms with Crippen molar-refractivity contribution in [1.29, 1.82) is 0 Å². The average Bonchev–Trinajstić information content (AvgIpc) is 3.57. The Labute approximate surface area is 205 Å². The van der Waals surface area contributed by atoms with Gasteiger partial charge >= 0.3 is 0 Å². The van der Waals surface area contributed by atoms with Crippen LogP contribution in [0, 0.1) is 0 Å². The highest BCUT2D eigenvalue weighted by atomic mass is 32.1. The average molecular weight is 466 g/mol. The normalized spacial score (nSPS) is 12.0. The van der Waals surface area contributed by atoms with Crippen LogP contribution in [0.25, 0.3) is 70.0 Å². The number of thiophene rings is 1. The molecule has 0 aliphatic heterocycles. The molecule has 0 spiro atoms. The Hall–Kier alpha value is -4.34. The molecule has 0 unspecified atom stereocenters. The molecule has 0 aliphatic carbocycles. The molecule has 8 aromatic rings. The molecule has 0 saturated carbocycles. The number of para-hydroxylation sites is 2. The summed E-state index contributed by atoms with van der Waals surface area (Å²) in [7, 11) is 0. The van der Waals surface area contributed by atoms with Crippen LogP contribution in [0.5, 0.6) is 0 Å². The predicted octanol–water partition coefficient (Wildman–Crippen LogP) is 9.56. The van der Waals surface area contributed by atoms with Gasteiger partial charge < -0.3 is 8.98 Å². The Morgan fingerprint density at radius 2 is 1.23 bits per heavy atom. The van der Waals surface area contributed by atoms with Crippen molar-refractivity contribution >= 4 is 64.5 Å². The van der Waals surface area contributed by atoms with Crippen molar-refractivity contribution in [3.8, 4) is 16.8 Å². The van der Waals surface area contributed by atoms with Gasteiger partial charge in [0.15, 0.2) is 5.58 Å². The maximum absolute atomic E-state index is 6.55. The van der Waals surface area contributed by atoms with Crippen molar-refractivity contribution in [3.05, 3.63) is 115 Å². The Balaban J connectivity index is 1.36. The molecule has 3 heterocycles. The number of aromatic nitrogens is 1. The van der Waals surface area contributed by atoms with Crippen molar-refractivity contribution in [2.45, 2.75) is 0 Å². The fourth-order valence-electron chi connectivity index (χ4n) is 5.40. The van der Waals surface area contributed by atoms with E-state index in [1.807, 2.05) is 11.3 Å². The zero-order chi connectivity index (χ0) is 22.9. The van der Waals surface area contributed by atoms with Crippen LogP contribution in [0.15, 0.2) is 120 Å². The number of nitrogens with zero attached hydrogens (tertiary/aromatic N) is 1. The van der Waals surface area contributed by atoms with E-state index in [9.17, 15) is 0 Å². The van der Waals surface area contributed by atoms with E-state index in [0.29, 0.717) is 0 Å². The molecule has 35 heavy (non-hydrogen) atoms. The quantitative estimate of drug-likeness (QED) is 0.248. The first-order valence-electron chi connectivity index (χ1n) is 11.8. The number of furan rings is 1. The van der Waals surface area contributed by atoms with Crippen LogP contribution in [0.2, 0.25) is 0 Å². The van der Waals surface area contributed by atoms with E-state index in [-0.39, 0.29) is 0 Å². The van der Waals surface area contributed by atoms with Gasteiger partial charge in [0.05, 0.1) is 5.52 Å². The number of benzene rings is 5. The van der Waals surface area contributed by atoms with Gasteiger partial charge in [-0.3, -0.25) is 0 Å². The molecule has 0 saturated heterocycles. The molecule has 0 N–H and O–H groups in total. The number of hydrogen-bond donors (Lipinski definition) is 0. The van der Waals surface area contributed by atoms with Gasteiger partial charge in [0.1, 0.15) is 11.1 Å². The lowest BCUT2D eigenvalue weighted by Gasteiger charge is -2.07. The standard InChI is InChI=1S/C32H19NOS/c1-2-8-22(9-3-1)33-27-12-6-4-11-25(27)32-31(33)26-17-15-20(18-28(26)34-32)21-14-16-24-23-10-5-7-13-29(23)35-30(24)19-21/h1-19H. The molecule has 2 nitrogen and oxygen atoms in total. The smallest absolute Gasteiger partial charge is 0.161 e. The van der Waals surface area contributed by atoms with Crippen LogP contribution >= 0.6 is 11.3 Å². The first-order chi connectivity index (χ1) is 17.3. The minimum atomic E-state index is 0.916. The van der Waals surface area contributed by atoms with Crippen molar-refractivity contribution in [1.82, 2.24) is 4.57 Å². The third-order valence-electron chi connectivity index (χ3n) is 7.00. The Bertz CT molecular complexity index is 2060. The van der Waals surface area contributed by atoms with Crippen molar-refractivity contribution in [2.24, 2.45) is 0 Å². The van der Waals surface area contributed by atoms with Crippen LogP contribution < -0.4 is 0 Å². The third-order valence-corrected chi connectivity index (χ3v) is 8.14. The molecule has 0 amide bonds. The van der Waals surface area contributed by atoms with E-state index < -0.39 is 0 Å². The van der Waals surface area contributed by atoms with Gasteiger partial charge in [0, 0.05) is 36.6 Å². The molecular formula is C32H19NOS. The number of fused-ring (bicyclic) bond motifs is 8. The lowest BCUT2D eigenvalue weighted by molar-refractivity contribution is 0.673. The predicted molar refractivity (Wildman–Crippen MR) is 149 cm³/mol. The summed E-state index contributed by atoms with van der Waals surface area (Å²) < 4.78 is 11.5. The zero-order valence-electron chi connectivity index (χ0n) is 18.7. The minimum Gasteiger partial charge on any atom is -0.454 e. The van der Waals surface area contributed by atoms with Crippen LogP contribution in [-0.4, -0.2) is 4.57 Å². The van der Waals surface area contributed by atoms with Crippen molar-refractivity contribution in [3.63, 3.8) is 0 Å². The molecule has 5 aromatic carbocycles. The lowest BCUT2D eigenvalue weighted by atomic mass is 10.0. The molecule has 8 rings (SSSR count). The van der Waals surface area contributed by atoms with E-state index in [1.54, 1.807) is 0 Å². The molecule has 3 aromatic heterocycles. The first kappa shape index (κ1) is 19.0. The molecule has 0 bridgehead atoms. The Morgan fingerprint density at radius 3 is 2.11 bits per heavy atom. The summed E-state index contributed by atoms with van der Waals surface area (Å²) in [6.07, 6.45) is 0. The second-order valence-corrected chi connectivity index (χ2v) is 10.1. The van der Waals surface area contributed by atoms with Crippen molar-refractivity contribution < 1.29 is 4.42 Å². The van der Waals surface area contributed by atoms with Gasteiger partial charge in [0.2, 0.25) is 0 Å². The topological polar surface area (TPSA) is 18.1 Å². The van der Waals surface area contributed by atoms with Gasteiger partial charge in [-0.2, -0.15) is 0 Å². The van der Waals surface area contributed by atoms with Gasteiger partial charge in [-0.25, -0.2) is 0 Å². The maximum atomic E-state index is 6.55. The van der Waals surface area contributed by atoms with E-state index in [0.717, 1.165) is 38.7 Å². The molecule has 0 fully saturated rings. The number of hydrogen-bond acceptors (Lipinski definition) is 2. The Kier molecular flexibility index (Phi) is 3.85. The zero-order valence-corrected chi connectivity index (χ0v) is 19.5. The van der Waals surface area contributed by atoms with Gasteiger partial charge in [-0.1, -0.05) is 66.7 Å². The van der Waals surface area contributed by atoms with Gasteiger partial charge in [0.25, 0.3) is 0 Å². The molecule has 164 valence electrons. The third kappa shape index (κ3) is 2.70. The molecule has 0 aliphatic rings. The van der Waals surface area contributed by atoms with E-state index in [2.05, 4.69) is 120 Å². The fraction of sp³-hybridized carbons (Fsp3) is 0. The number of rotatable bonds is 2. The summed E-state index contributed by atoms with van der Waals surface area (Å²) in [5.74, 6) is 0. The summed E-state index contributed by atoms with van der Waals surface area (Å²) >= 11 is 1.85. The SMILES string of the molecule is c1ccc(-n2c3ccccc3c3oc4cc(-c5ccc6c(c5)sc5ccccc56)ccc4c32)cc1. The summed E-state index contributed by atoms with van der Waals surface area (Å²) in [5.41, 5.74) is 7.66. The van der Waals surface area contributed by atoms with Crippen LogP contribution in [0.3, 0.4) is 0 Å². The van der Waals surface area contributed by atoms with Crippen molar-refractivity contribution in [2.75, 3.05) is 0 Å². The summed E-state index contributed by atoms with van der Waals surface area (Å²) in [6, 6.07) is 41.1. The van der Waals surface area contributed by atoms with E-state index >= 15 is 0 Å². The lowest BCUT2D eigenvalue weighted by Crippen LogP contribution is -1.92.